The zero-order valence-electron chi connectivity index (χ0n) is 13.0. The maximum absolute atomic E-state index is 12.8. The van der Waals surface area contributed by atoms with E-state index in [1.807, 2.05) is 0 Å². The van der Waals surface area contributed by atoms with Crippen LogP contribution < -0.4 is 11.1 Å². The molecule has 2 amide bonds. The largest absolute Gasteiger partial charge is 0.369 e. The molecule has 0 saturated heterocycles. The molecule has 2 aromatic rings. The molecule has 0 bridgehead atoms. The van der Waals surface area contributed by atoms with Crippen LogP contribution in [0.4, 0.5) is 13.9 Å². The molecular weight excluding hydrogens is 408 g/mol. The summed E-state index contributed by atoms with van der Waals surface area (Å²) in [5.74, 6) is -4.44. The number of nitrogens with one attached hydrogen (secondary N) is 1. The van der Waals surface area contributed by atoms with Gasteiger partial charge in [-0.3, -0.25) is 14.9 Å². The molecule has 0 radical (unpaired) electrons. The van der Waals surface area contributed by atoms with Crippen LogP contribution in [0.5, 0.6) is 0 Å². The molecule has 12 heteroatoms. The number of nitrogens with two attached hydrogens (primary N) is 1. The summed E-state index contributed by atoms with van der Waals surface area (Å²) in [5.41, 5.74) is 5.22. The fraction of sp³-hybridized carbons (Fsp3) is 0.214. The van der Waals surface area contributed by atoms with E-state index >= 15 is 0 Å². The molecule has 1 aromatic heterocycles. The Morgan fingerprint density at radius 1 is 1.31 bits per heavy atom. The van der Waals surface area contributed by atoms with Gasteiger partial charge in [0.05, 0.1) is 21.9 Å². The van der Waals surface area contributed by atoms with Gasteiger partial charge in [0, 0.05) is 11.1 Å². The Labute approximate surface area is 155 Å². The lowest BCUT2D eigenvalue weighted by molar-refractivity contribution is -0.115. The third-order valence-electron chi connectivity index (χ3n) is 2.94. The van der Waals surface area contributed by atoms with Gasteiger partial charge in [-0.25, -0.2) is 13.4 Å². The average molecular weight is 421 g/mol. The summed E-state index contributed by atoms with van der Waals surface area (Å²) in [6.07, 6.45) is 0. The SMILES string of the molecule is NC(=O)CSCc1csc(NC(=O)c2ccccc2S(=O)(=O)C(F)F)n1. The number of hydrogen-bond acceptors (Lipinski definition) is 7. The van der Waals surface area contributed by atoms with Gasteiger partial charge in [-0.1, -0.05) is 12.1 Å². The van der Waals surface area contributed by atoms with Crippen molar-refractivity contribution in [1.29, 1.82) is 0 Å². The summed E-state index contributed by atoms with van der Waals surface area (Å²) in [4.78, 5) is 26.3. The van der Waals surface area contributed by atoms with Crippen molar-refractivity contribution in [2.75, 3.05) is 11.1 Å². The maximum atomic E-state index is 12.8. The second-order valence-electron chi connectivity index (χ2n) is 4.86. The fourth-order valence-electron chi connectivity index (χ4n) is 1.85. The number of primary amides is 1. The van der Waals surface area contributed by atoms with E-state index in [4.69, 9.17) is 5.73 Å². The monoisotopic (exact) mass is 421 g/mol. The summed E-state index contributed by atoms with van der Waals surface area (Å²) in [6.45, 7) is 0. The van der Waals surface area contributed by atoms with Crippen LogP contribution in [0.25, 0.3) is 0 Å². The predicted octanol–water partition coefficient (Wildman–Crippen LogP) is 2.11. The minimum absolute atomic E-state index is 0.123. The highest BCUT2D eigenvalue weighted by Gasteiger charge is 2.31. The van der Waals surface area contributed by atoms with E-state index in [9.17, 15) is 26.8 Å². The van der Waals surface area contributed by atoms with Crippen molar-refractivity contribution in [2.45, 2.75) is 16.4 Å². The zero-order valence-corrected chi connectivity index (χ0v) is 15.5. The number of rotatable bonds is 8. The Balaban J connectivity index is 2.14. The highest BCUT2D eigenvalue weighted by Crippen LogP contribution is 2.24. The summed E-state index contributed by atoms with van der Waals surface area (Å²) >= 11 is 2.33. The average Bonchev–Trinajstić information content (AvgIpc) is 3.01. The van der Waals surface area contributed by atoms with Crippen molar-refractivity contribution >= 4 is 49.9 Å². The van der Waals surface area contributed by atoms with Crippen molar-refractivity contribution in [3.8, 4) is 0 Å². The quantitative estimate of drug-likeness (QED) is 0.674. The predicted molar refractivity (Wildman–Crippen MR) is 95.1 cm³/mol. The van der Waals surface area contributed by atoms with E-state index in [-0.39, 0.29) is 10.9 Å². The Hall–Kier alpha value is -2.05. The van der Waals surface area contributed by atoms with Gasteiger partial charge in [-0.2, -0.15) is 8.78 Å². The van der Waals surface area contributed by atoms with Crippen LogP contribution in [-0.4, -0.2) is 36.7 Å². The Morgan fingerprint density at radius 3 is 2.65 bits per heavy atom. The molecule has 0 aliphatic rings. The van der Waals surface area contributed by atoms with E-state index in [0.717, 1.165) is 23.5 Å². The molecule has 0 unspecified atom stereocenters. The first-order chi connectivity index (χ1) is 12.2. The van der Waals surface area contributed by atoms with Crippen LogP contribution in [0, 0.1) is 0 Å². The number of halogens is 2. The highest BCUT2D eigenvalue weighted by molar-refractivity contribution is 7.99. The fourth-order valence-corrected chi connectivity index (χ4v) is 4.25. The van der Waals surface area contributed by atoms with E-state index in [0.29, 0.717) is 11.4 Å². The van der Waals surface area contributed by atoms with Gasteiger partial charge in [-0.15, -0.1) is 23.1 Å². The Bertz CT molecular complexity index is 916. The maximum Gasteiger partial charge on any atom is 0.341 e. The molecule has 26 heavy (non-hydrogen) atoms. The van der Waals surface area contributed by atoms with Crippen molar-refractivity contribution in [1.82, 2.24) is 4.98 Å². The van der Waals surface area contributed by atoms with Gasteiger partial charge in [0.25, 0.3) is 5.91 Å². The first-order valence-electron chi connectivity index (χ1n) is 6.94. The number of thiazole rings is 1. The van der Waals surface area contributed by atoms with Crippen molar-refractivity contribution in [3.63, 3.8) is 0 Å². The van der Waals surface area contributed by atoms with Gasteiger partial charge in [-0.05, 0) is 12.1 Å². The number of carbonyl (C=O) groups excluding carboxylic acids is 2. The summed E-state index contributed by atoms with van der Waals surface area (Å²) < 4.78 is 49.0. The van der Waals surface area contributed by atoms with Crippen molar-refractivity contribution < 1.29 is 26.8 Å². The van der Waals surface area contributed by atoms with E-state index in [2.05, 4.69) is 10.3 Å². The number of hydrogen-bond donors (Lipinski definition) is 2. The standard InChI is InChI=1S/C14H13F2N3O4S3/c15-13(16)26(22,23)10-4-2-1-3-9(10)12(21)19-14-18-8(6-25-14)5-24-7-11(17)20/h1-4,6,13H,5,7H2,(H2,17,20)(H,18,19,21). The lowest BCUT2D eigenvalue weighted by Crippen LogP contribution is -2.19. The molecular formula is C14H13F2N3O4S3. The van der Waals surface area contributed by atoms with E-state index < -0.39 is 37.9 Å². The molecule has 0 saturated carbocycles. The third kappa shape index (κ3) is 4.99. The number of nitrogens with zero attached hydrogens (tertiary/aromatic N) is 1. The second-order valence-corrected chi connectivity index (χ2v) is 8.59. The summed E-state index contributed by atoms with van der Waals surface area (Å²) in [6, 6.07) is 4.71. The van der Waals surface area contributed by atoms with Crippen LogP contribution in [0.15, 0.2) is 34.5 Å². The second kappa shape index (κ2) is 8.56. The number of alkyl halides is 2. The first kappa shape index (κ1) is 20.3. The van der Waals surface area contributed by atoms with Crippen LogP contribution >= 0.6 is 23.1 Å². The number of anilines is 1. The normalized spacial score (nSPS) is 11.5. The number of thioether (sulfide) groups is 1. The molecule has 0 fully saturated rings. The highest BCUT2D eigenvalue weighted by atomic mass is 32.2. The van der Waals surface area contributed by atoms with Gasteiger partial charge in [0.15, 0.2) is 5.13 Å². The molecule has 7 nitrogen and oxygen atoms in total. The van der Waals surface area contributed by atoms with Gasteiger partial charge >= 0.3 is 5.76 Å². The molecule has 0 spiro atoms. The zero-order chi connectivity index (χ0) is 19.3. The molecule has 0 atom stereocenters. The minimum Gasteiger partial charge on any atom is -0.369 e. The molecule has 0 aliphatic heterocycles. The minimum atomic E-state index is -4.92. The van der Waals surface area contributed by atoms with E-state index in [1.165, 1.54) is 23.9 Å². The number of carbonyl (C=O) groups is 2. The molecule has 2 rings (SSSR count). The Morgan fingerprint density at radius 2 is 2.00 bits per heavy atom. The van der Waals surface area contributed by atoms with Crippen LogP contribution in [0.3, 0.4) is 0 Å². The van der Waals surface area contributed by atoms with E-state index in [1.54, 1.807) is 5.38 Å². The van der Waals surface area contributed by atoms with Gasteiger partial charge in [0.1, 0.15) is 0 Å². The van der Waals surface area contributed by atoms with Crippen molar-refractivity contribution in [2.24, 2.45) is 5.73 Å². The topological polar surface area (TPSA) is 119 Å². The number of sulfone groups is 1. The van der Waals surface area contributed by atoms with Crippen LogP contribution in [0.2, 0.25) is 0 Å². The smallest absolute Gasteiger partial charge is 0.341 e. The molecule has 3 N–H and O–H groups in total. The molecule has 0 aliphatic carbocycles. The van der Waals surface area contributed by atoms with Gasteiger partial charge < -0.3 is 5.73 Å². The number of amides is 2. The molecule has 1 aromatic carbocycles. The van der Waals surface area contributed by atoms with Gasteiger partial charge in [0.2, 0.25) is 15.7 Å². The molecule has 1 heterocycles. The number of benzene rings is 1. The lowest BCUT2D eigenvalue weighted by Gasteiger charge is -2.09. The van der Waals surface area contributed by atoms with Crippen molar-refractivity contribution in [3.05, 3.63) is 40.9 Å². The number of aromatic nitrogens is 1. The van der Waals surface area contributed by atoms with Crippen LogP contribution in [-0.2, 0) is 20.4 Å². The summed E-state index contributed by atoms with van der Waals surface area (Å²) in [7, 11) is -4.92. The lowest BCUT2D eigenvalue weighted by atomic mass is 10.2. The Kier molecular flexibility index (Phi) is 6.67. The van der Waals surface area contributed by atoms with Crippen LogP contribution in [0.1, 0.15) is 16.1 Å². The molecule has 140 valence electrons. The first-order valence-corrected chi connectivity index (χ1v) is 10.5. The summed E-state index contributed by atoms with van der Waals surface area (Å²) in [5, 5.41) is 4.21. The third-order valence-corrected chi connectivity index (χ3v) is 6.17.